The second-order valence-corrected chi connectivity index (χ2v) is 12.2. The number of hydrogen-bond acceptors (Lipinski definition) is 13. The van der Waals surface area contributed by atoms with Crippen molar-refractivity contribution in [1.82, 2.24) is 4.90 Å². The molecule has 250 valence electrons. The van der Waals surface area contributed by atoms with Crippen LogP contribution in [0, 0.1) is 0 Å². The van der Waals surface area contributed by atoms with Gasteiger partial charge in [-0.15, -0.1) is 0 Å². The lowest BCUT2D eigenvalue weighted by atomic mass is 9.50. The Balaban J connectivity index is 1.22. The third-order valence-corrected chi connectivity index (χ3v) is 9.75. The predicted octanol–water partition coefficient (Wildman–Crippen LogP) is 0.539. The Morgan fingerprint density at radius 2 is 1.70 bits per heavy atom. The van der Waals surface area contributed by atoms with Crippen molar-refractivity contribution in [2.24, 2.45) is 0 Å². The minimum Gasteiger partial charge on any atom is -0.493 e. The number of piperidine rings is 1. The highest BCUT2D eigenvalue weighted by Gasteiger charge is 2.72. The van der Waals surface area contributed by atoms with E-state index >= 15 is 0 Å². The number of carboxylic acids is 1. The van der Waals surface area contributed by atoms with E-state index in [-0.39, 0.29) is 23.8 Å². The minimum absolute atomic E-state index is 0.0119. The van der Waals surface area contributed by atoms with Crippen LogP contribution >= 0.6 is 0 Å². The van der Waals surface area contributed by atoms with Crippen molar-refractivity contribution < 1.29 is 63.3 Å². The predicted molar refractivity (Wildman–Crippen MR) is 158 cm³/mol. The van der Waals surface area contributed by atoms with Crippen LogP contribution in [0.5, 0.6) is 11.5 Å². The summed E-state index contributed by atoms with van der Waals surface area (Å²) < 4.78 is 27.5. The molecule has 2 bridgehead atoms. The summed E-state index contributed by atoms with van der Waals surface area (Å²) in [6.07, 6.45) is -6.72. The van der Waals surface area contributed by atoms with Crippen LogP contribution in [-0.2, 0) is 45.2 Å². The maximum Gasteiger partial charge on any atom is 0.353 e. The van der Waals surface area contributed by atoms with Crippen molar-refractivity contribution in [3.63, 3.8) is 0 Å². The quantitative estimate of drug-likeness (QED) is 0.205. The Hall–Kier alpha value is -4.50. The molecule has 0 saturated carbocycles. The number of ether oxygens (including phenoxy) is 5. The zero-order valence-corrected chi connectivity index (χ0v) is 25.8. The number of carboxylic acid groups (broad SMARTS) is 1. The zero-order chi connectivity index (χ0) is 33.8. The molecule has 0 unspecified atom stereocenters. The standard InChI is InChI=1S/C33H35NO13/c1-16(28(37)38)44-31(41)25(17-7-5-4-6-8-17)47-30(40)24(36)23(35)29(39)45-20-11-12-33(42)21-15-18-9-10-19(43-3)26-22(18)32(33,27(20)46-26)13-14-34(21)2/h4-11,16,21,23-25,27,35-36,42H,12-15H2,1-3H3,(H,37,38)/t16-,21-,23+,24+,25-,27-,32-,33+/m0/s1. The molecule has 47 heavy (non-hydrogen) atoms. The molecule has 2 heterocycles. The average Bonchev–Trinajstić information content (AvgIpc) is 3.42. The fraction of sp³-hybridized carbons (Fsp3) is 0.455. The van der Waals surface area contributed by atoms with Crippen molar-refractivity contribution >= 4 is 23.9 Å². The van der Waals surface area contributed by atoms with Crippen LogP contribution in [0.25, 0.3) is 0 Å². The maximum absolute atomic E-state index is 13.2. The first-order valence-electron chi connectivity index (χ1n) is 15.1. The van der Waals surface area contributed by atoms with Crippen molar-refractivity contribution in [1.29, 1.82) is 0 Å². The highest BCUT2D eigenvalue weighted by Crippen LogP contribution is 2.65. The second kappa shape index (κ2) is 11.9. The summed E-state index contributed by atoms with van der Waals surface area (Å²) in [4.78, 5) is 52.2. The maximum atomic E-state index is 13.2. The first-order chi connectivity index (χ1) is 22.3. The minimum atomic E-state index is -2.51. The van der Waals surface area contributed by atoms with Gasteiger partial charge in [0, 0.05) is 23.6 Å². The van der Waals surface area contributed by atoms with Crippen LogP contribution < -0.4 is 9.47 Å². The third-order valence-electron chi connectivity index (χ3n) is 9.75. The van der Waals surface area contributed by atoms with Gasteiger partial charge in [0.15, 0.2) is 35.9 Å². The molecule has 0 aromatic heterocycles. The third kappa shape index (κ3) is 5.03. The molecule has 2 aliphatic heterocycles. The smallest absolute Gasteiger partial charge is 0.353 e. The highest BCUT2D eigenvalue weighted by atomic mass is 16.6. The molecule has 8 atom stereocenters. The van der Waals surface area contributed by atoms with Crippen molar-refractivity contribution in [2.45, 2.75) is 73.8 Å². The number of likely N-dealkylation sites (N-methyl/N-ethyl adjacent to an activating group) is 1. The molecule has 0 amide bonds. The normalized spacial score (nSPS) is 27.9. The molecule has 14 nitrogen and oxygen atoms in total. The van der Waals surface area contributed by atoms with E-state index in [4.69, 9.17) is 28.8 Å². The van der Waals surface area contributed by atoms with Crippen molar-refractivity contribution in [3.05, 3.63) is 71.0 Å². The molecule has 4 aliphatic rings. The van der Waals surface area contributed by atoms with Crippen LogP contribution in [-0.4, -0.2) is 106 Å². The summed E-state index contributed by atoms with van der Waals surface area (Å²) in [6.45, 7) is 1.72. The monoisotopic (exact) mass is 653 g/mol. The molecule has 1 spiro atoms. The summed E-state index contributed by atoms with van der Waals surface area (Å²) in [5.41, 5.74) is -0.449. The van der Waals surface area contributed by atoms with E-state index in [1.54, 1.807) is 12.1 Å². The number of aliphatic carboxylic acids is 1. The number of nitrogens with zero attached hydrogens (tertiary/aromatic N) is 1. The molecule has 2 aromatic rings. The van der Waals surface area contributed by atoms with Crippen LogP contribution in [0.1, 0.15) is 42.6 Å². The number of carbonyl (C=O) groups excluding carboxylic acids is 3. The van der Waals surface area contributed by atoms with Gasteiger partial charge in [-0.2, -0.15) is 0 Å². The summed E-state index contributed by atoms with van der Waals surface area (Å²) in [5.74, 6) is -4.81. The lowest BCUT2D eigenvalue weighted by Gasteiger charge is -2.61. The molecule has 1 fully saturated rings. The lowest BCUT2D eigenvalue weighted by molar-refractivity contribution is -0.186. The Morgan fingerprint density at radius 3 is 2.38 bits per heavy atom. The number of aliphatic hydroxyl groups is 3. The number of benzene rings is 2. The zero-order valence-electron chi connectivity index (χ0n) is 25.8. The second-order valence-electron chi connectivity index (χ2n) is 12.2. The lowest BCUT2D eigenvalue weighted by Crippen LogP contribution is -2.74. The molecule has 6 rings (SSSR count). The van der Waals surface area contributed by atoms with Gasteiger partial charge in [-0.25, -0.2) is 19.2 Å². The van der Waals surface area contributed by atoms with Crippen LogP contribution in [0.2, 0.25) is 0 Å². The number of carbonyl (C=O) groups is 4. The summed E-state index contributed by atoms with van der Waals surface area (Å²) >= 11 is 0. The first-order valence-corrected chi connectivity index (χ1v) is 15.1. The van der Waals surface area contributed by atoms with Gasteiger partial charge >= 0.3 is 23.9 Å². The van der Waals surface area contributed by atoms with Gasteiger partial charge in [0.1, 0.15) is 5.76 Å². The molecule has 4 N–H and O–H groups in total. The van der Waals surface area contributed by atoms with Crippen LogP contribution in [0.3, 0.4) is 0 Å². The molecule has 2 aliphatic carbocycles. The van der Waals surface area contributed by atoms with E-state index in [0.29, 0.717) is 30.9 Å². The molecular formula is C33H35NO13. The number of esters is 3. The summed E-state index contributed by atoms with van der Waals surface area (Å²) in [6, 6.07) is 10.9. The van der Waals surface area contributed by atoms with E-state index in [2.05, 4.69) is 4.90 Å². The van der Waals surface area contributed by atoms with Crippen molar-refractivity contribution in [2.75, 3.05) is 20.7 Å². The SMILES string of the molecule is COc1ccc2c3c1O[C@H]1C(OC(=O)[C@H](O)[C@@H](O)C(=O)O[C@H](C(=O)O[C@@H](C)C(=O)O)c4ccccc4)=CC[C@@]4(O)[C@H](C2)N(C)CC[C@]314. The number of methoxy groups -OCH3 is 1. The Kier molecular flexibility index (Phi) is 8.24. The molecule has 1 saturated heterocycles. The average molecular weight is 654 g/mol. The van der Waals surface area contributed by atoms with E-state index < -0.39 is 65.4 Å². The van der Waals surface area contributed by atoms with Gasteiger partial charge in [0.2, 0.25) is 6.10 Å². The largest absolute Gasteiger partial charge is 0.493 e. The number of likely N-dealkylation sites (tertiary alicyclic amines) is 1. The topological polar surface area (TPSA) is 199 Å². The molecule has 0 radical (unpaired) electrons. The summed E-state index contributed by atoms with van der Waals surface area (Å²) in [7, 11) is 3.44. The van der Waals surface area contributed by atoms with E-state index in [1.165, 1.54) is 37.5 Å². The molecule has 14 heteroatoms. The van der Waals surface area contributed by atoms with E-state index in [9.17, 15) is 34.5 Å². The first kappa shape index (κ1) is 32.4. The Morgan fingerprint density at radius 1 is 1.00 bits per heavy atom. The van der Waals surface area contributed by atoms with E-state index in [1.807, 2.05) is 13.1 Å². The van der Waals surface area contributed by atoms with Crippen LogP contribution in [0.4, 0.5) is 0 Å². The van der Waals surface area contributed by atoms with Crippen molar-refractivity contribution in [3.8, 4) is 11.5 Å². The Labute approximate surface area is 269 Å². The van der Waals surface area contributed by atoms with Crippen LogP contribution in [0.15, 0.2) is 54.3 Å². The number of hydrogen-bond donors (Lipinski definition) is 4. The van der Waals surface area contributed by atoms with E-state index in [0.717, 1.165) is 18.1 Å². The molecule has 2 aromatic carbocycles. The fourth-order valence-electron chi connectivity index (χ4n) is 7.37. The van der Waals surface area contributed by atoms with Gasteiger partial charge in [-0.1, -0.05) is 36.4 Å². The molecular weight excluding hydrogens is 618 g/mol. The van der Waals surface area contributed by atoms with Gasteiger partial charge < -0.3 is 49.0 Å². The highest BCUT2D eigenvalue weighted by molar-refractivity contribution is 5.88. The van der Waals surface area contributed by atoms with Gasteiger partial charge in [0.05, 0.1) is 18.1 Å². The summed E-state index contributed by atoms with van der Waals surface area (Å²) in [5, 5.41) is 42.8. The fourth-order valence-corrected chi connectivity index (χ4v) is 7.37. The van der Waals surface area contributed by atoms with Gasteiger partial charge in [-0.05, 0) is 51.1 Å². The van der Waals surface area contributed by atoms with Gasteiger partial charge in [-0.3, -0.25) is 0 Å². The number of aliphatic hydroxyl groups excluding tert-OH is 2. The van der Waals surface area contributed by atoms with Gasteiger partial charge in [0.25, 0.3) is 0 Å². The number of rotatable bonds is 10. The Bertz CT molecular complexity index is 1640.